The molecule has 0 bridgehead atoms. The Morgan fingerprint density at radius 1 is 1.25 bits per heavy atom. The number of hydrogen-bond donors (Lipinski definition) is 0. The minimum atomic E-state index is -0.876. The molecule has 1 saturated heterocycles. The number of carbonyl (C=O) groups is 3. The molecule has 2 aliphatic heterocycles. The van der Waals surface area contributed by atoms with Crippen LogP contribution >= 0.6 is 0 Å². The van der Waals surface area contributed by atoms with Gasteiger partial charge in [0.05, 0.1) is 17.8 Å². The van der Waals surface area contributed by atoms with Crippen LogP contribution in [0.4, 0.5) is 0 Å². The molecule has 0 N–H and O–H groups in total. The van der Waals surface area contributed by atoms with Crippen molar-refractivity contribution in [3.63, 3.8) is 0 Å². The third kappa shape index (κ3) is 2.93. The van der Waals surface area contributed by atoms with Crippen LogP contribution in [0.3, 0.4) is 0 Å². The topological polar surface area (TPSA) is 88.1 Å². The summed E-state index contributed by atoms with van der Waals surface area (Å²) in [5.74, 6) is -1.79. The van der Waals surface area contributed by atoms with Crippen LogP contribution in [-0.2, 0) is 33.3 Å². The molecule has 4 aliphatic rings. The maximum absolute atomic E-state index is 12.6. The summed E-state index contributed by atoms with van der Waals surface area (Å²) in [5, 5.41) is 0. The van der Waals surface area contributed by atoms with Crippen LogP contribution in [0, 0.1) is 11.3 Å². The van der Waals surface area contributed by atoms with Gasteiger partial charge in [-0.1, -0.05) is 13.8 Å². The van der Waals surface area contributed by atoms with Crippen LogP contribution in [0.1, 0.15) is 47.0 Å². The Bertz CT molecular complexity index is 845. The highest BCUT2D eigenvalue weighted by Crippen LogP contribution is 2.55. The lowest BCUT2D eigenvalue weighted by Crippen LogP contribution is -2.29. The SMILES string of the molecule is CC(=O)O[C@H]1C2=C([C@@H]3OC(=O)C(=CO[C@H]4C=C(C)C(=O)O4)[C@H]13)C(C)(C)CCC2. The lowest BCUT2D eigenvalue weighted by Gasteiger charge is -2.34. The summed E-state index contributed by atoms with van der Waals surface area (Å²) in [6.07, 6.45) is 3.76. The maximum Gasteiger partial charge on any atom is 0.338 e. The van der Waals surface area contributed by atoms with Crippen molar-refractivity contribution in [2.45, 2.75) is 65.5 Å². The summed E-state index contributed by atoms with van der Waals surface area (Å²) in [4.78, 5) is 35.8. The molecule has 7 heteroatoms. The normalized spacial score (nSPS) is 34.6. The zero-order valence-corrected chi connectivity index (χ0v) is 16.4. The van der Waals surface area contributed by atoms with E-state index in [1.807, 2.05) is 0 Å². The van der Waals surface area contributed by atoms with E-state index in [-0.39, 0.29) is 5.41 Å². The molecule has 4 atom stereocenters. The number of ether oxygens (including phenoxy) is 4. The predicted molar refractivity (Wildman–Crippen MR) is 96.4 cm³/mol. The van der Waals surface area contributed by atoms with Crippen molar-refractivity contribution in [2.75, 3.05) is 0 Å². The first-order valence-corrected chi connectivity index (χ1v) is 9.55. The fourth-order valence-electron chi connectivity index (χ4n) is 4.78. The van der Waals surface area contributed by atoms with Crippen molar-refractivity contribution in [3.05, 3.63) is 34.6 Å². The maximum atomic E-state index is 12.6. The molecule has 0 amide bonds. The van der Waals surface area contributed by atoms with Crippen molar-refractivity contribution in [1.29, 1.82) is 0 Å². The first-order chi connectivity index (χ1) is 13.2. The predicted octanol–water partition coefficient (Wildman–Crippen LogP) is 2.71. The molecule has 0 aromatic carbocycles. The first-order valence-electron chi connectivity index (χ1n) is 9.55. The highest BCUT2D eigenvalue weighted by atomic mass is 16.7. The van der Waals surface area contributed by atoms with E-state index in [4.69, 9.17) is 18.9 Å². The van der Waals surface area contributed by atoms with E-state index in [1.54, 1.807) is 13.0 Å². The summed E-state index contributed by atoms with van der Waals surface area (Å²) < 4.78 is 21.9. The quantitative estimate of drug-likeness (QED) is 0.241. The molecular formula is C21H24O7. The second kappa shape index (κ2) is 6.50. The van der Waals surface area contributed by atoms with Crippen molar-refractivity contribution < 1.29 is 33.3 Å². The van der Waals surface area contributed by atoms with Crippen LogP contribution in [0.15, 0.2) is 34.6 Å². The molecule has 2 heterocycles. The number of rotatable bonds is 3. The molecule has 0 aromatic heterocycles. The van der Waals surface area contributed by atoms with Crippen LogP contribution in [0.25, 0.3) is 0 Å². The van der Waals surface area contributed by atoms with E-state index < -0.39 is 42.3 Å². The fourth-order valence-corrected chi connectivity index (χ4v) is 4.78. The molecule has 0 saturated carbocycles. The summed E-state index contributed by atoms with van der Waals surface area (Å²) in [6, 6.07) is 0. The molecular weight excluding hydrogens is 364 g/mol. The zero-order chi connectivity index (χ0) is 20.2. The minimum Gasteiger partial charge on any atom is -0.458 e. The van der Waals surface area contributed by atoms with Gasteiger partial charge < -0.3 is 18.9 Å². The lowest BCUT2D eigenvalue weighted by atomic mass is 9.72. The Morgan fingerprint density at radius 3 is 2.64 bits per heavy atom. The summed E-state index contributed by atoms with van der Waals surface area (Å²) >= 11 is 0. The van der Waals surface area contributed by atoms with Gasteiger partial charge in [0, 0.05) is 18.6 Å². The Labute approximate surface area is 163 Å². The molecule has 28 heavy (non-hydrogen) atoms. The van der Waals surface area contributed by atoms with E-state index in [2.05, 4.69) is 13.8 Å². The molecule has 4 rings (SSSR count). The number of fused-ring (bicyclic) bond motifs is 2. The fraction of sp³-hybridized carbons (Fsp3) is 0.571. The number of cyclic esters (lactones) is 1. The van der Waals surface area contributed by atoms with Gasteiger partial charge in [0.2, 0.25) is 0 Å². The summed E-state index contributed by atoms with van der Waals surface area (Å²) in [7, 11) is 0. The molecule has 7 nitrogen and oxygen atoms in total. The zero-order valence-electron chi connectivity index (χ0n) is 16.4. The van der Waals surface area contributed by atoms with E-state index in [9.17, 15) is 14.4 Å². The van der Waals surface area contributed by atoms with Gasteiger partial charge >= 0.3 is 17.9 Å². The Kier molecular flexibility index (Phi) is 4.36. The molecule has 1 fully saturated rings. The van der Waals surface area contributed by atoms with E-state index in [0.717, 1.165) is 30.4 Å². The molecule has 2 aliphatic carbocycles. The Balaban J connectivity index is 1.67. The van der Waals surface area contributed by atoms with Gasteiger partial charge in [0.1, 0.15) is 12.2 Å². The average Bonchev–Trinajstić information content (AvgIpc) is 3.18. The smallest absolute Gasteiger partial charge is 0.338 e. The Morgan fingerprint density at radius 2 is 2.00 bits per heavy atom. The lowest BCUT2D eigenvalue weighted by molar-refractivity contribution is -0.152. The van der Waals surface area contributed by atoms with Gasteiger partial charge in [-0.2, -0.15) is 0 Å². The van der Waals surface area contributed by atoms with Crippen LogP contribution < -0.4 is 0 Å². The van der Waals surface area contributed by atoms with Gasteiger partial charge in [0.25, 0.3) is 6.29 Å². The van der Waals surface area contributed by atoms with Crippen molar-refractivity contribution >= 4 is 17.9 Å². The standard InChI is InChI=1S/C21H24O7/c1-10-8-14(27-19(10)23)25-9-13-15-17(26-11(2)22)12-6-5-7-21(3,4)16(12)18(15)28-20(13)24/h8-9,14-15,17-18H,5-7H2,1-4H3/t14-,15-,17+,18-/m1/s1. The van der Waals surface area contributed by atoms with Gasteiger partial charge in [-0.25, -0.2) is 9.59 Å². The average molecular weight is 388 g/mol. The first kappa shape index (κ1) is 18.8. The molecule has 0 unspecified atom stereocenters. The van der Waals surface area contributed by atoms with Crippen molar-refractivity contribution in [1.82, 2.24) is 0 Å². The monoisotopic (exact) mass is 388 g/mol. The van der Waals surface area contributed by atoms with Crippen molar-refractivity contribution in [3.8, 4) is 0 Å². The van der Waals surface area contributed by atoms with Gasteiger partial charge in [0.15, 0.2) is 0 Å². The number of carbonyl (C=O) groups excluding carboxylic acids is 3. The van der Waals surface area contributed by atoms with E-state index in [1.165, 1.54) is 13.2 Å². The van der Waals surface area contributed by atoms with Crippen LogP contribution in [0.2, 0.25) is 0 Å². The third-order valence-corrected chi connectivity index (χ3v) is 5.99. The summed E-state index contributed by atoms with van der Waals surface area (Å²) in [5.41, 5.74) is 2.74. The second-order valence-electron chi connectivity index (χ2n) is 8.39. The molecule has 0 spiro atoms. The van der Waals surface area contributed by atoms with Crippen molar-refractivity contribution in [2.24, 2.45) is 11.3 Å². The van der Waals surface area contributed by atoms with E-state index in [0.29, 0.717) is 11.1 Å². The van der Waals surface area contributed by atoms with Gasteiger partial charge in [-0.3, -0.25) is 4.79 Å². The summed E-state index contributed by atoms with van der Waals surface area (Å²) in [6.45, 7) is 7.26. The molecule has 0 radical (unpaired) electrons. The largest absolute Gasteiger partial charge is 0.458 e. The number of esters is 3. The third-order valence-electron chi connectivity index (χ3n) is 5.99. The molecule has 0 aromatic rings. The molecule has 150 valence electrons. The second-order valence-corrected chi connectivity index (χ2v) is 8.39. The van der Waals surface area contributed by atoms with Gasteiger partial charge in [-0.05, 0) is 42.7 Å². The van der Waals surface area contributed by atoms with Crippen LogP contribution in [0.5, 0.6) is 0 Å². The van der Waals surface area contributed by atoms with Crippen LogP contribution in [-0.4, -0.2) is 36.4 Å². The number of hydrogen-bond acceptors (Lipinski definition) is 7. The Hall–Kier alpha value is -2.57. The van der Waals surface area contributed by atoms with E-state index >= 15 is 0 Å². The minimum absolute atomic E-state index is 0.136. The highest BCUT2D eigenvalue weighted by Gasteiger charge is 2.58. The van der Waals surface area contributed by atoms with Gasteiger partial charge in [-0.15, -0.1) is 0 Å². The highest BCUT2D eigenvalue weighted by molar-refractivity contribution is 5.93.